The summed E-state index contributed by atoms with van der Waals surface area (Å²) in [6.07, 6.45) is 5.06. The highest BCUT2D eigenvalue weighted by Crippen LogP contribution is 2.30. The molecule has 2 aliphatic rings. The van der Waals surface area contributed by atoms with Crippen molar-refractivity contribution in [2.75, 3.05) is 26.3 Å². The predicted octanol–water partition coefficient (Wildman–Crippen LogP) is 2.02. The first kappa shape index (κ1) is 13.3. The minimum atomic E-state index is 0.385. The Bertz CT molecular complexity index is 236. The van der Waals surface area contributed by atoms with Gasteiger partial charge >= 0.3 is 0 Å². The molecule has 1 N–H and O–H groups in total. The molecule has 0 radical (unpaired) electrons. The Morgan fingerprint density at radius 3 is 2.65 bits per heavy atom. The van der Waals surface area contributed by atoms with E-state index in [2.05, 4.69) is 31.0 Å². The lowest BCUT2D eigenvalue weighted by molar-refractivity contribution is -0.0319. The maximum Gasteiger partial charge on any atom is 0.0483 e. The van der Waals surface area contributed by atoms with Gasteiger partial charge in [0.05, 0.1) is 0 Å². The van der Waals surface area contributed by atoms with Crippen LogP contribution >= 0.6 is 0 Å². The monoisotopic (exact) mass is 240 g/mol. The smallest absolute Gasteiger partial charge is 0.0483 e. The molecular formula is C14H28N2O. The van der Waals surface area contributed by atoms with Crippen molar-refractivity contribution in [2.45, 2.75) is 64.1 Å². The van der Waals surface area contributed by atoms with Crippen molar-refractivity contribution in [3.05, 3.63) is 0 Å². The minimum Gasteiger partial charge on any atom is -0.381 e. The topological polar surface area (TPSA) is 24.5 Å². The number of nitrogens with zero attached hydrogens (tertiary/aromatic N) is 1. The molecule has 1 unspecified atom stereocenters. The van der Waals surface area contributed by atoms with Gasteiger partial charge in [-0.15, -0.1) is 0 Å². The molecule has 0 aromatic rings. The summed E-state index contributed by atoms with van der Waals surface area (Å²) >= 11 is 0. The Balaban J connectivity index is 1.91. The van der Waals surface area contributed by atoms with E-state index in [1.165, 1.54) is 38.8 Å². The molecule has 3 heteroatoms. The lowest BCUT2D eigenvalue weighted by Gasteiger charge is -2.48. The number of ether oxygens (including phenoxy) is 1. The zero-order valence-corrected chi connectivity index (χ0v) is 11.7. The molecule has 2 saturated heterocycles. The highest BCUT2D eigenvalue weighted by atomic mass is 16.5. The fourth-order valence-electron chi connectivity index (χ4n) is 3.20. The number of piperidine rings is 1. The zero-order valence-electron chi connectivity index (χ0n) is 11.7. The Labute approximate surface area is 106 Å². The van der Waals surface area contributed by atoms with Crippen LogP contribution in [-0.2, 0) is 4.74 Å². The Morgan fingerprint density at radius 1 is 1.29 bits per heavy atom. The third-order valence-corrected chi connectivity index (χ3v) is 4.32. The number of likely N-dealkylation sites (tertiary alicyclic amines) is 1. The Morgan fingerprint density at radius 2 is 2.00 bits per heavy atom. The van der Waals surface area contributed by atoms with Gasteiger partial charge in [0.2, 0.25) is 0 Å². The van der Waals surface area contributed by atoms with E-state index in [-0.39, 0.29) is 0 Å². The summed E-state index contributed by atoms with van der Waals surface area (Å²) in [6.45, 7) is 11.3. The second-order valence-electron chi connectivity index (χ2n) is 6.22. The Hall–Kier alpha value is -0.120. The molecule has 0 aromatic carbocycles. The van der Waals surface area contributed by atoms with Gasteiger partial charge in [-0.3, -0.25) is 4.90 Å². The van der Waals surface area contributed by atoms with Crippen LogP contribution in [0.25, 0.3) is 0 Å². The lowest BCUT2D eigenvalue weighted by atomic mass is 9.87. The summed E-state index contributed by atoms with van der Waals surface area (Å²) in [5.74, 6) is 0. The third kappa shape index (κ3) is 3.43. The molecule has 100 valence electrons. The summed E-state index contributed by atoms with van der Waals surface area (Å²) in [5.41, 5.74) is 0.385. The van der Waals surface area contributed by atoms with E-state index in [1.54, 1.807) is 0 Å². The van der Waals surface area contributed by atoms with E-state index in [0.29, 0.717) is 17.6 Å². The van der Waals surface area contributed by atoms with Crippen LogP contribution in [-0.4, -0.2) is 48.8 Å². The van der Waals surface area contributed by atoms with Crippen LogP contribution in [0, 0.1) is 0 Å². The molecule has 2 aliphatic heterocycles. The minimum absolute atomic E-state index is 0.385. The average Bonchev–Trinajstić information content (AvgIpc) is 2.29. The van der Waals surface area contributed by atoms with Crippen LogP contribution in [0.2, 0.25) is 0 Å². The molecule has 0 bridgehead atoms. The maximum absolute atomic E-state index is 5.50. The fourth-order valence-corrected chi connectivity index (χ4v) is 3.20. The highest BCUT2D eigenvalue weighted by molar-refractivity contribution is 4.92. The van der Waals surface area contributed by atoms with Crippen molar-refractivity contribution in [1.82, 2.24) is 10.2 Å². The van der Waals surface area contributed by atoms with Crippen molar-refractivity contribution < 1.29 is 4.74 Å². The van der Waals surface area contributed by atoms with Crippen molar-refractivity contribution in [3.63, 3.8) is 0 Å². The Kier molecular flexibility index (Phi) is 4.45. The zero-order chi connectivity index (χ0) is 12.3. The number of rotatable bonds is 3. The largest absolute Gasteiger partial charge is 0.381 e. The van der Waals surface area contributed by atoms with E-state index in [4.69, 9.17) is 4.74 Å². The second-order valence-corrected chi connectivity index (χ2v) is 6.22. The number of hydrogen-bond donors (Lipinski definition) is 1. The second kappa shape index (κ2) is 5.68. The van der Waals surface area contributed by atoms with Gasteiger partial charge in [-0.25, -0.2) is 0 Å². The summed E-state index contributed by atoms with van der Waals surface area (Å²) in [5, 5.41) is 3.70. The molecule has 0 amide bonds. The SMILES string of the molecule is CC(C)NC1CCCN(C2(C)CCOCC2)C1. The quantitative estimate of drug-likeness (QED) is 0.817. The summed E-state index contributed by atoms with van der Waals surface area (Å²) in [7, 11) is 0. The molecule has 0 aliphatic carbocycles. The van der Waals surface area contributed by atoms with Crippen LogP contribution in [0.3, 0.4) is 0 Å². The highest BCUT2D eigenvalue weighted by Gasteiger charge is 2.36. The summed E-state index contributed by atoms with van der Waals surface area (Å²) < 4.78 is 5.50. The van der Waals surface area contributed by atoms with Crippen LogP contribution in [0.4, 0.5) is 0 Å². The van der Waals surface area contributed by atoms with Gasteiger partial charge in [0, 0.05) is 37.4 Å². The van der Waals surface area contributed by atoms with Gasteiger partial charge in [0.25, 0.3) is 0 Å². The molecule has 3 nitrogen and oxygen atoms in total. The standard InChI is InChI=1S/C14H28N2O/c1-12(2)15-13-5-4-8-16(11-13)14(3)6-9-17-10-7-14/h12-13,15H,4-11H2,1-3H3. The molecule has 17 heavy (non-hydrogen) atoms. The first-order valence-electron chi connectivity index (χ1n) is 7.19. The summed E-state index contributed by atoms with van der Waals surface area (Å²) in [4.78, 5) is 2.71. The van der Waals surface area contributed by atoms with Gasteiger partial charge in [0.15, 0.2) is 0 Å². The predicted molar refractivity (Wildman–Crippen MR) is 71.3 cm³/mol. The normalized spacial score (nSPS) is 30.7. The summed E-state index contributed by atoms with van der Waals surface area (Å²) in [6, 6.07) is 1.28. The van der Waals surface area contributed by atoms with Crippen LogP contribution < -0.4 is 5.32 Å². The van der Waals surface area contributed by atoms with Crippen molar-refractivity contribution in [2.24, 2.45) is 0 Å². The van der Waals surface area contributed by atoms with E-state index >= 15 is 0 Å². The van der Waals surface area contributed by atoms with E-state index in [9.17, 15) is 0 Å². The fraction of sp³-hybridized carbons (Fsp3) is 1.00. The first-order chi connectivity index (χ1) is 8.10. The van der Waals surface area contributed by atoms with Crippen molar-refractivity contribution in [1.29, 1.82) is 0 Å². The molecule has 2 heterocycles. The molecule has 0 spiro atoms. The molecule has 0 saturated carbocycles. The van der Waals surface area contributed by atoms with Gasteiger partial charge in [-0.05, 0) is 39.2 Å². The van der Waals surface area contributed by atoms with E-state index in [1.807, 2.05) is 0 Å². The third-order valence-electron chi connectivity index (χ3n) is 4.32. The van der Waals surface area contributed by atoms with Gasteiger partial charge in [-0.2, -0.15) is 0 Å². The maximum atomic E-state index is 5.50. The van der Waals surface area contributed by atoms with Crippen LogP contribution in [0.1, 0.15) is 46.5 Å². The van der Waals surface area contributed by atoms with Crippen LogP contribution in [0.15, 0.2) is 0 Å². The molecule has 1 atom stereocenters. The number of hydrogen-bond acceptors (Lipinski definition) is 3. The van der Waals surface area contributed by atoms with Gasteiger partial charge in [0.1, 0.15) is 0 Å². The molecular weight excluding hydrogens is 212 g/mol. The van der Waals surface area contributed by atoms with E-state index < -0.39 is 0 Å². The van der Waals surface area contributed by atoms with E-state index in [0.717, 1.165) is 13.2 Å². The van der Waals surface area contributed by atoms with Crippen LogP contribution in [0.5, 0.6) is 0 Å². The molecule has 2 rings (SSSR count). The number of nitrogens with one attached hydrogen (secondary N) is 1. The van der Waals surface area contributed by atoms with Crippen molar-refractivity contribution in [3.8, 4) is 0 Å². The lowest BCUT2D eigenvalue weighted by Crippen LogP contribution is -2.57. The molecule has 2 fully saturated rings. The molecule has 0 aromatic heterocycles. The van der Waals surface area contributed by atoms with Crippen molar-refractivity contribution >= 4 is 0 Å². The van der Waals surface area contributed by atoms with Gasteiger partial charge in [-0.1, -0.05) is 13.8 Å². The first-order valence-corrected chi connectivity index (χ1v) is 7.19. The average molecular weight is 240 g/mol. The van der Waals surface area contributed by atoms with Gasteiger partial charge < -0.3 is 10.1 Å².